The number of rotatable bonds is 1. The van der Waals surface area contributed by atoms with Gasteiger partial charge in [0.25, 0.3) is 5.91 Å². The average Bonchev–Trinajstić information content (AvgIpc) is 2.78. The van der Waals surface area contributed by atoms with Gasteiger partial charge in [-0.1, -0.05) is 0 Å². The highest BCUT2D eigenvalue weighted by Crippen LogP contribution is 2.32. The predicted molar refractivity (Wildman–Crippen MR) is 67.2 cm³/mol. The fourth-order valence-corrected chi connectivity index (χ4v) is 3.06. The summed E-state index contributed by atoms with van der Waals surface area (Å²) in [5.41, 5.74) is 0.732. The maximum atomic E-state index is 12.3. The third-order valence-corrected chi connectivity index (χ3v) is 3.92. The SMILES string of the molecule is C[C@H]1C[C@H]2CN(C(=O)c3ccncc3)CC[C@@H]2O1. The molecule has 3 atom stereocenters. The third kappa shape index (κ3) is 2.12. The zero-order valence-corrected chi connectivity index (χ0v) is 10.6. The fourth-order valence-electron chi connectivity index (χ4n) is 3.06. The van der Waals surface area contributed by atoms with Crippen LogP contribution in [0, 0.1) is 5.92 Å². The minimum Gasteiger partial charge on any atom is -0.375 e. The molecule has 0 aliphatic carbocycles. The van der Waals surface area contributed by atoms with E-state index in [1.54, 1.807) is 24.5 Å². The molecule has 2 saturated heterocycles. The van der Waals surface area contributed by atoms with E-state index in [0.29, 0.717) is 18.1 Å². The van der Waals surface area contributed by atoms with Crippen LogP contribution in [0.4, 0.5) is 0 Å². The van der Waals surface area contributed by atoms with Crippen LogP contribution in [0.3, 0.4) is 0 Å². The van der Waals surface area contributed by atoms with Gasteiger partial charge in [-0.3, -0.25) is 9.78 Å². The molecule has 1 amide bonds. The predicted octanol–water partition coefficient (Wildman–Crippen LogP) is 1.72. The Hall–Kier alpha value is -1.42. The summed E-state index contributed by atoms with van der Waals surface area (Å²) in [6.07, 6.45) is 6.08. The van der Waals surface area contributed by atoms with Gasteiger partial charge in [0.1, 0.15) is 0 Å². The summed E-state index contributed by atoms with van der Waals surface area (Å²) in [4.78, 5) is 18.2. The van der Waals surface area contributed by atoms with E-state index < -0.39 is 0 Å². The first-order valence-corrected chi connectivity index (χ1v) is 6.59. The minimum absolute atomic E-state index is 0.121. The first-order chi connectivity index (χ1) is 8.74. The van der Waals surface area contributed by atoms with Crippen LogP contribution in [0.2, 0.25) is 0 Å². The number of nitrogens with zero attached hydrogens (tertiary/aromatic N) is 2. The summed E-state index contributed by atoms with van der Waals surface area (Å²) in [6, 6.07) is 3.56. The molecule has 2 aliphatic rings. The molecular weight excluding hydrogens is 228 g/mol. The number of aromatic nitrogens is 1. The van der Waals surface area contributed by atoms with Crippen molar-refractivity contribution in [3.05, 3.63) is 30.1 Å². The molecule has 4 nitrogen and oxygen atoms in total. The second-order valence-electron chi connectivity index (χ2n) is 5.26. The number of ether oxygens (including phenoxy) is 1. The lowest BCUT2D eigenvalue weighted by atomic mass is 9.92. The van der Waals surface area contributed by atoms with Crippen molar-refractivity contribution >= 4 is 5.91 Å². The molecule has 0 N–H and O–H groups in total. The number of hydrogen-bond acceptors (Lipinski definition) is 3. The Kier molecular flexibility index (Phi) is 3.04. The number of likely N-dealkylation sites (tertiary alicyclic amines) is 1. The zero-order valence-electron chi connectivity index (χ0n) is 10.6. The highest BCUT2D eigenvalue weighted by molar-refractivity contribution is 5.94. The lowest BCUT2D eigenvalue weighted by Crippen LogP contribution is -2.44. The van der Waals surface area contributed by atoms with Gasteiger partial charge < -0.3 is 9.64 Å². The summed E-state index contributed by atoms with van der Waals surface area (Å²) < 4.78 is 5.85. The minimum atomic E-state index is 0.121. The first-order valence-electron chi connectivity index (χ1n) is 6.59. The van der Waals surface area contributed by atoms with Crippen LogP contribution in [0.5, 0.6) is 0 Å². The highest BCUT2D eigenvalue weighted by Gasteiger charge is 2.38. The molecule has 1 aromatic rings. The van der Waals surface area contributed by atoms with Crippen molar-refractivity contribution in [2.75, 3.05) is 13.1 Å². The van der Waals surface area contributed by atoms with Gasteiger partial charge in [0.05, 0.1) is 12.2 Å². The molecule has 3 heterocycles. The van der Waals surface area contributed by atoms with E-state index in [0.717, 1.165) is 31.5 Å². The Balaban J connectivity index is 1.70. The van der Waals surface area contributed by atoms with Crippen LogP contribution in [0.15, 0.2) is 24.5 Å². The summed E-state index contributed by atoms with van der Waals surface area (Å²) in [7, 11) is 0. The lowest BCUT2D eigenvalue weighted by molar-refractivity contribution is 0.00865. The van der Waals surface area contributed by atoms with E-state index in [1.807, 2.05) is 4.90 Å². The number of fused-ring (bicyclic) bond motifs is 1. The number of piperidine rings is 1. The molecule has 96 valence electrons. The molecule has 3 rings (SSSR count). The third-order valence-electron chi connectivity index (χ3n) is 3.92. The Labute approximate surface area is 107 Å². The van der Waals surface area contributed by atoms with Crippen LogP contribution in [0.25, 0.3) is 0 Å². The molecule has 1 aromatic heterocycles. The van der Waals surface area contributed by atoms with Crippen molar-refractivity contribution in [1.29, 1.82) is 0 Å². The van der Waals surface area contributed by atoms with Gasteiger partial charge >= 0.3 is 0 Å². The van der Waals surface area contributed by atoms with E-state index in [9.17, 15) is 4.79 Å². The van der Waals surface area contributed by atoms with E-state index in [1.165, 1.54) is 0 Å². The van der Waals surface area contributed by atoms with Gasteiger partial charge in [0.2, 0.25) is 0 Å². The van der Waals surface area contributed by atoms with Gasteiger partial charge in [-0.25, -0.2) is 0 Å². The second kappa shape index (κ2) is 4.69. The van der Waals surface area contributed by atoms with Gasteiger partial charge in [0, 0.05) is 37.0 Å². The van der Waals surface area contributed by atoms with E-state index in [4.69, 9.17) is 4.74 Å². The second-order valence-corrected chi connectivity index (χ2v) is 5.26. The van der Waals surface area contributed by atoms with Crippen molar-refractivity contribution in [3.63, 3.8) is 0 Å². The van der Waals surface area contributed by atoms with Crippen LogP contribution < -0.4 is 0 Å². The standard InChI is InChI=1S/C14H18N2O2/c1-10-8-12-9-16(7-4-13(12)18-10)14(17)11-2-5-15-6-3-11/h2-3,5-6,10,12-13H,4,7-9H2,1H3/t10-,12-,13-/m0/s1. The van der Waals surface area contributed by atoms with Gasteiger partial charge in [0.15, 0.2) is 0 Å². The van der Waals surface area contributed by atoms with Crippen LogP contribution in [0.1, 0.15) is 30.1 Å². The van der Waals surface area contributed by atoms with Crippen molar-refractivity contribution in [2.24, 2.45) is 5.92 Å². The number of carbonyl (C=O) groups excluding carboxylic acids is 1. The molecule has 2 fully saturated rings. The monoisotopic (exact) mass is 246 g/mol. The van der Waals surface area contributed by atoms with E-state index >= 15 is 0 Å². The largest absolute Gasteiger partial charge is 0.375 e. The van der Waals surface area contributed by atoms with Crippen molar-refractivity contribution in [1.82, 2.24) is 9.88 Å². The molecule has 0 bridgehead atoms. The molecule has 2 aliphatic heterocycles. The maximum Gasteiger partial charge on any atom is 0.253 e. The van der Waals surface area contributed by atoms with Gasteiger partial charge in [-0.2, -0.15) is 0 Å². The fraction of sp³-hybridized carbons (Fsp3) is 0.571. The lowest BCUT2D eigenvalue weighted by Gasteiger charge is -2.34. The van der Waals surface area contributed by atoms with Crippen molar-refractivity contribution < 1.29 is 9.53 Å². The summed E-state index contributed by atoms with van der Waals surface area (Å²) in [5, 5.41) is 0. The zero-order chi connectivity index (χ0) is 12.5. The molecular formula is C14H18N2O2. The van der Waals surface area contributed by atoms with Gasteiger partial charge in [-0.05, 0) is 31.9 Å². The molecule has 0 aromatic carbocycles. The Morgan fingerprint density at radius 1 is 1.44 bits per heavy atom. The van der Waals surface area contributed by atoms with Crippen LogP contribution in [-0.2, 0) is 4.74 Å². The molecule has 0 saturated carbocycles. The van der Waals surface area contributed by atoms with Crippen molar-refractivity contribution in [3.8, 4) is 0 Å². The molecule has 18 heavy (non-hydrogen) atoms. The van der Waals surface area contributed by atoms with E-state index in [-0.39, 0.29) is 5.91 Å². The Bertz CT molecular complexity index is 435. The smallest absolute Gasteiger partial charge is 0.253 e. The van der Waals surface area contributed by atoms with E-state index in [2.05, 4.69) is 11.9 Å². The first kappa shape index (κ1) is 11.7. The summed E-state index contributed by atoms with van der Waals surface area (Å²) >= 11 is 0. The number of amides is 1. The number of hydrogen-bond donors (Lipinski definition) is 0. The summed E-state index contributed by atoms with van der Waals surface area (Å²) in [6.45, 7) is 3.75. The van der Waals surface area contributed by atoms with Crippen LogP contribution in [-0.4, -0.2) is 41.1 Å². The molecule has 4 heteroatoms. The molecule has 0 radical (unpaired) electrons. The number of pyridine rings is 1. The highest BCUT2D eigenvalue weighted by atomic mass is 16.5. The molecule has 0 unspecified atom stereocenters. The number of carbonyl (C=O) groups is 1. The maximum absolute atomic E-state index is 12.3. The van der Waals surface area contributed by atoms with Crippen molar-refractivity contribution in [2.45, 2.75) is 32.0 Å². The Morgan fingerprint density at radius 3 is 3.00 bits per heavy atom. The van der Waals surface area contributed by atoms with Gasteiger partial charge in [-0.15, -0.1) is 0 Å². The summed E-state index contributed by atoms with van der Waals surface area (Å²) in [5.74, 6) is 0.634. The average molecular weight is 246 g/mol. The normalized spacial score (nSPS) is 31.2. The molecule has 0 spiro atoms. The quantitative estimate of drug-likeness (QED) is 0.757. The Morgan fingerprint density at radius 2 is 2.22 bits per heavy atom. The topological polar surface area (TPSA) is 42.4 Å². The van der Waals surface area contributed by atoms with Crippen LogP contribution >= 0.6 is 0 Å².